The molecule has 2 aromatic carbocycles. The number of nitrogens with zero attached hydrogens (tertiary/aromatic N) is 8. The largest absolute Gasteiger partial charge is 0.496 e. The van der Waals surface area contributed by atoms with Crippen molar-refractivity contribution in [1.82, 2.24) is 29.2 Å². The number of fused-ring (bicyclic) bond motifs is 2. The van der Waals surface area contributed by atoms with E-state index in [-0.39, 0.29) is 29.7 Å². The third-order valence-electron chi connectivity index (χ3n) is 15.0. The first-order chi connectivity index (χ1) is 30.7. The summed E-state index contributed by atoms with van der Waals surface area (Å²) in [5, 5.41) is 1.04. The van der Waals surface area contributed by atoms with Gasteiger partial charge in [0.15, 0.2) is 0 Å². The SMILES string of the molecule is COc1cc(-c2cn(C)c(=O)c3cnc(N4CC(F)(F)C4)cc23)cc(OC)c1CN1CCC(CN2CCC3(CC2)CN(c2ccc4c(c2)C(=O)N(C2CCC(=O)N(C)C2=O)C4)C3)CC1. The Morgan fingerprint density at radius 3 is 2.17 bits per heavy atom. The maximum Gasteiger partial charge on any atom is 0.282 e. The molecule has 6 aliphatic heterocycles. The van der Waals surface area contributed by atoms with Gasteiger partial charge < -0.3 is 33.6 Å². The van der Waals surface area contributed by atoms with Gasteiger partial charge in [-0.05, 0) is 106 Å². The lowest BCUT2D eigenvalue weighted by atomic mass is 9.71. The van der Waals surface area contributed by atoms with Gasteiger partial charge in [0.2, 0.25) is 5.91 Å². The molecule has 0 bridgehead atoms. The van der Waals surface area contributed by atoms with Crippen LogP contribution in [0.1, 0.15) is 60.0 Å². The average molecular weight is 879 g/mol. The van der Waals surface area contributed by atoms with E-state index in [9.17, 15) is 28.0 Å². The number of ether oxygens (including phenoxy) is 2. The molecule has 338 valence electrons. The van der Waals surface area contributed by atoms with Crippen LogP contribution in [-0.2, 0) is 29.7 Å². The van der Waals surface area contributed by atoms with E-state index < -0.39 is 25.1 Å². The Morgan fingerprint density at radius 1 is 0.797 bits per heavy atom. The standard InChI is InChI=1S/C48H56F2N8O6/c1-52-24-37(35-20-42(51-21-36(35)44(52)60)57-28-48(49,50)29-57)32-17-40(63-3)38(41(18-32)64-4)25-54-13-9-30(10-14-54)22-55-15-11-47(12-16-55)26-56(27-47)33-6-5-31-23-58(45(61)34(31)19-33)39-7-8-43(59)53(2)46(39)62/h5-6,17-21,24,30,39H,7-16,22-23,25-29H2,1-4H3. The van der Waals surface area contributed by atoms with Crippen LogP contribution in [0.25, 0.3) is 21.9 Å². The van der Waals surface area contributed by atoms with Crippen molar-refractivity contribution in [3.63, 3.8) is 0 Å². The third kappa shape index (κ3) is 7.55. The van der Waals surface area contributed by atoms with Gasteiger partial charge >= 0.3 is 0 Å². The van der Waals surface area contributed by atoms with Crippen molar-refractivity contribution in [2.75, 3.05) is 90.0 Å². The van der Waals surface area contributed by atoms with Crippen LogP contribution in [-0.4, -0.2) is 139 Å². The number of likely N-dealkylation sites (N-methyl/N-ethyl adjacent to an activating group) is 1. The zero-order chi connectivity index (χ0) is 44.7. The molecular formula is C48H56F2N8O6. The molecule has 14 nitrogen and oxygen atoms in total. The van der Waals surface area contributed by atoms with E-state index in [0.717, 1.165) is 104 Å². The fraction of sp³-hybridized carbons (Fsp3) is 0.521. The number of anilines is 2. The first kappa shape index (κ1) is 42.3. The lowest BCUT2D eigenvalue weighted by molar-refractivity contribution is -0.150. The maximum absolute atomic E-state index is 13.7. The molecule has 1 atom stereocenters. The third-order valence-corrected chi connectivity index (χ3v) is 15.0. The van der Waals surface area contributed by atoms with Crippen LogP contribution < -0.4 is 24.8 Å². The molecule has 0 N–H and O–H groups in total. The Morgan fingerprint density at radius 2 is 1.50 bits per heavy atom. The Hall–Kier alpha value is -5.61. The molecular weight excluding hydrogens is 823 g/mol. The number of benzene rings is 2. The number of aryl methyl sites for hydroxylation is 1. The summed E-state index contributed by atoms with van der Waals surface area (Å²) in [5.41, 5.74) is 5.25. The normalized spacial score (nSPS) is 22.6. The Balaban J connectivity index is 0.728. The summed E-state index contributed by atoms with van der Waals surface area (Å²) in [5.74, 6) is -0.952. The summed E-state index contributed by atoms with van der Waals surface area (Å²) in [6.07, 6.45) is 8.44. The highest BCUT2D eigenvalue weighted by Gasteiger charge is 2.47. The lowest BCUT2D eigenvalue weighted by Crippen LogP contribution is -2.60. The number of alkyl halides is 2. The quantitative estimate of drug-likeness (QED) is 0.200. The Bertz CT molecular complexity index is 2560. The summed E-state index contributed by atoms with van der Waals surface area (Å²) < 4.78 is 41.0. The minimum absolute atomic E-state index is 0.119. The van der Waals surface area contributed by atoms with E-state index in [0.29, 0.717) is 64.5 Å². The van der Waals surface area contributed by atoms with Crippen LogP contribution in [0, 0.1) is 11.3 Å². The summed E-state index contributed by atoms with van der Waals surface area (Å²) in [7, 11) is 6.50. The highest BCUT2D eigenvalue weighted by molar-refractivity contribution is 6.05. The van der Waals surface area contributed by atoms with E-state index >= 15 is 0 Å². The van der Waals surface area contributed by atoms with Crippen LogP contribution in [0.5, 0.6) is 11.5 Å². The molecule has 16 heteroatoms. The van der Waals surface area contributed by atoms with Crippen molar-refractivity contribution in [3.8, 4) is 22.6 Å². The average Bonchev–Trinajstić information content (AvgIpc) is 3.60. The summed E-state index contributed by atoms with van der Waals surface area (Å²) in [6.45, 7) is 7.47. The topological polar surface area (TPSA) is 124 Å². The number of carbonyl (C=O) groups is 3. The van der Waals surface area contributed by atoms with E-state index in [2.05, 4.69) is 25.8 Å². The number of imide groups is 1. The molecule has 5 fully saturated rings. The molecule has 1 unspecified atom stereocenters. The number of hydrogen-bond donors (Lipinski definition) is 0. The number of carbonyl (C=O) groups excluding carboxylic acids is 3. The van der Waals surface area contributed by atoms with Crippen LogP contribution in [0.2, 0.25) is 0 Å². The monoisotopic (exact) mass is 878 g/mol. The number of piperidine rings is 3. The molecule has 4 aromatic rings. The zero-order valence-corrected chi connectivity index (χ0v) is 37.1. The van der Waals surface area contributed by atoms with Crippen LogP contribution >= 0.6 is 0 Å². The molecule has 2 aromatic heterocycles. The van der Waals surface area contributed by atoms with Crippen molar-refractivity contribution in [3.05, 3.63) is 75.8 Å². The van der Waals surface area contributed by atoms with Gasteiger partial charge in [-0.25, -0.2) is 13.8 Å². The van der Waals surface area contributed by atoms with Crippen LogP contribution in [0.4, 0.5) is 20.3 Å². The predicted molar refractivity (Wildman–Crippen MR) is 238 cm³/mol. The van der Waals surface area contributed by atoms with E-state index in [1.165, 1.54) is 22.7 Å². The number of hydrogen-bond acceptors (Lipinski definition) is 11. The number of likely N-dealkylation sites (tertiary alicyclic amines) is 3. The molecule has 0 radical (unpaired) electrons. The maximum atomic E-state index is 13.7. The van der Waals surface area contributed by atoms with Crippen molar-refractivity contribution in [1.29, 1.82) is 0 Å². The Kier molecular flexibility index (Phi) is 10.7. The lowest BCUT2D eigenvalue weighted by Gasteiger charge is -2.55. The summed E-state index contributed by atoms with van der Waals surface area (Å²) in [6, 6.07) is 11.2. The molecule has 8 heterocycles. The van der Waals surface area contributed by atoms with Crippen molar-refractivity contribution < 1.29 is 32.6 Å². The number of aromatic nitrogens is 2. The summed E-state index contributed by atoms with van der Waals surface area (Å²) in [4.78, 5) is 67.7. The van der Waals surface area contributed by atoms with Gasteiger partial charge in [0.05, 0.1) is 38.3 Å². The van der Waals surface area contributed by atoms with Crippen LogP contribution in [0.15, 0.2) is 53.6 Å². The van der Waals surface area contributed by atoms with Gasteiger partial charge in [-0.3, -0.25) is 29.0 Å². The van der Waals surface area contributed by atoms with Gasteiger partial charge in [0, 0.05) is 93.2 Å². The van der Waals surface area contributed by atoms with Gasteiger partial charge in [-0.1, -0.05) is 6.07 Å². The fourth-order valence-electron chi connectivity index (χ4n) is 11.1. The van der Waals surface area contributed by atoms with Crippen molar-refractivity contribution in [2.45, 2.75) is 63.6 Å². The zero-order valence-electron chi connectivity index (χ0n) is 37.1. The molecule has 10 rings (SSSR count). The number of amides is 3. The number of rotatable bonds is 10. The predicted octanol–water partition coefficient (Wildman–Crippen LogP) is 4.99. The molecule has 6 aliphatic rings. The van der Waals surface area contributed by atoms with E-state index in [1.807, 2.05) is 24.3 Å². The molecule has 0 saturated carbocycles. The molecule has 64 heavy (non-hydrogen) atoms. The minimum Gasteiger partial charge on any atom is -0.496 e. The highest BCUT2D eigenvalue weighted by atomic mass is 19.3. The van der Waals surface area contributed by atoms with Gasteiger partial charge in [0.25, 0.3) is 23.3 Å². The van der Waals surface area contributed by atoms with Gasteiger partial charge in [-0.2, -0.15) is 0 Å². The highest BCUT2D eigenvalue weighted by Crippen LogP contribution is 2.45. The first-order valence-electron chi connectivity index (χ1n) is 22.5. The second-order valence-corrected chi connectivity index (χ2v) is 19.1. The molecule has 3 amide bonds. The van der Waals surface area contributed by atoms with Gasteiger partial charge in [0.1, 0.15) is 23.4 Å². The Labute approximate surface area is 371 Å². The first-order valence-corrected chi connectivity index (χ1v) is 22.5. The number of methoxy groups -OCH3 is 2. The van der Waals surface area contributed by atoms with Gasteiger partial charge in [-0.15, -0.1) is 0 Å². The number of pyridine rings is 2. The van der Waals surface area contributed by atoms with E-state index in [4.69, 9.17) is 9.47 Å². The second kappa shape index (κ2) is 16.1. The van der Waals surface area contributed by atoms with Crippen molar-refractivity contribution in [2.24, 2.45) is 18.4 Å². The molecule has 0 aliphatic carbocycles. The second-order valence-electron chi connectivity index (χ2n) is 19.1. The fourth-order valence-corrected chi connectivity index (χ4v) is 11.1. The van der Waals surface area contributed by atoms with Crippen molar-refractivity contribution >= 4 is 40.0 Å². The summed E-state index contributed by atoms with van der Waals surface area (Å²) >= 11 is 0. The smallest absolute Gasteiger partial charge is 0.282 e. The molecule has 5 saturated heterocycles. The minimum atomic E-state index is -2.75. The van der Waals surface area contributed by atoms with Crippen LogP contribution in [0.3, 0.4) is 0 Å². The van der Waals surface area contributed by atoms with E-state index in [1.54, 1.807) is 38.4 Å². The molecule has 1 spiro atoms. The number of halogens is 2.